The molecule has 0 saturated heterocycles. The van der Waals surface area contributed by atoms with Crippen molar-refractivity contribution in [3.63, 3.8) is 0 Å². The molecule has 1 aromatic heterocycles. The van der Waals surface area contributed by atoms with Crippen molar-refractivity contribution in [2.24, 2.45) is 0 Å². The first-order valence-corrected chi connectivity index (χ1v) is 14.3. The van der Waals surface area contributed by atoms with Gasteiger partial charge in [0.2, 0.25) is 16.0 Å². The number of sulfonamides is 1. The molecule has 2 N–H and O–H groups in total. The Morgan fingerprint density at radius 2 is 1.85 bits per heavy atom. The second kappa shape index (κ2) is 12.8. The van der Waals surface area contributed by atoms with Crippen molar-refractivity contribution in [3.05, 3.63) is 76.1 Å². The summed E-state index contributed by atoms with van der Waals surface area (Å²) in [4.78, 5) is 18.7. The van der Waals surface area contributed by atoms with Crippen molar-refractivity contribution >= 4 is 33.5 Å². The summed E-state index contributed by atoms with van der Waals surface area (Å²) in [6.45, 7) is 4.40. The smallest absolute Gasteiger partial charge is 0.303 e. The van der Waals surface area contributed by atoms with Crippen molar-refractivity contribution < 1.29 is 27.8 Å². The Morgan fingerprint density at radius 1 is 1.13 bits per heavy atom. The number of carboxylic acid groups (broad SMARTS) is 1. The van der Waals surface area contributed by atoms with Gasteiger partial charge in [-0.05, 0) is 54.3 Å². The molecule has 3 aromatic rings. The van der Waals surface area contributed by atoms with E-state index in [-0.39, 0.29) is 31.3 Å². The fraction of sp³-hybridized carbons (Fsp3) is 0.333. The maximum Gasteiger partial charge on any atom is 0.303 e. The lowest BCUT2D eigenvalue weighted by Gasteiger charge is -2.27. The molecule has 0 bridgehead atoms. The molecule has 0 radical (unpaired) electrons. The molecule has 0 unspecified atom stereocenters. The van der Waals surface area contributed by atoms with Crippen LogP contribution in [-0.4, -0.2) is 42.3 Å². The van der Waals surface area contributed by atoms with Gasteiger partial charge in [-0.1, -0.05) is 37.6 Å². The van der Waals surface area contributed by atoms with Crippen molar-refractivity contribution in [2.75, 3.05) is 17.6 Å². The van der Waals surface area contributed by atoms with Crippen LogP contribution in [0.2, 0.25) is 5.02 Å². The average molecular weight is 573 g/mol. The number of carbonyl (C=O) groups is 1. The number of rotatable bonds is 13. The van der Waals surface area contributed by atoms with Crippen molar-refractivity contribution in [1.82, 2.24) is 9.97 Å². The monoisotopic (exact) mass is 572 g/mol. The number of hydrogen-bond donors (Lipinski definition) is 2. The second-order valence-electron chi connectivity index (χ2n) is 9.33. The minimum absolute atomic E-state index is 0.0271. The van der Waals surface area contributed by atoms with Crippen LogP contribution in [0.4, 0.5) is 5.95 Å². The number of hydrogen-bond acceptors (Lipinski definition) is 8. The Balaban J connectivity index is 1.69. The first kappa shape index (κ1) is 29.7. The second-order valence-corrected chi connectivity index (χ2v) is 11.5. The van der Waals surface area contributed by atoms with E-state index in [9.17, 15) is 18.5 Å². The van der Waals surface area contributed by atoms with E-state index < -0.39 is 21.4 Å². The van der Waals surface area contributed by atoms with Crippen molar-refractivity contribution in [2.45, 2.75) is 45.1 Å². The van der Waals surface area contributed by atoms with Crippen LogP contribution in [0.1, 0.15) is 55.5 Å². The van der Waals surface area contributed by atoms with E-state index in [0.29, 0.717) is 34.9 Å². The van der Waals surface area contributed by atoms with E-state index in [1.807, 2.05) is 38.1 Å². The predicted octanol–water partition coefficient (Wildman–Crippen LogP) is 4.91. The molecule has 0 fully saturated rings. The van der Waals surface area contributed by atoms with Gasteiger partial charge in [-0.2, -0.15) is 5.26 Å². The molecule has 12 heteroatoms. The lowest BCUT2D eigenvalue weighted by atomic mass is 9.77. The summed E-state index contributed by atoms with van der Waals surface area (Å²) in [5, 5.41) is 18.8. The Morgan fingerprint density at radius 3 is 2.49 bits per heavy atom. The number of anilines is 1. The standard InChI is InChI=1S/C27H29ClN4O6S/c1-27(2,20-14-18(16-29)25(23(28)15-20)37-13-5-4-6-24(33)34)19-7-9-22(10-8-19)38-17-21-11-12-30-26(31-21)32-39(3,35)36/h7-12,14-15H,4-6,13,17H2,1-3H3,(H,33,34)(H,30,31,32). The molecule has 39 heavy (non-hydrogen) atoms. The van der Waals surface area contributed by atoms with Crippen LogP contribution in [-0.2, 0) is 26.8 Å². The molecule has 0 atom stereocenters. The van der Waals surface area contributed by atoms with Gasteiger partial charge in [0, 0.05) is 18.0 Å². The Hall–Kier alpha value is -3.88. The highest BCUT2D eigenvalue weighted by Crippen LogP contribution is 2.38. The zero-order chi connectivity index (χ0) is 28.6. The first-order valence-electron chi connectivity index (χ1n) is 12.0. The quantitative estimate of drug-likeness (QED) is 0.272. The van der Waals surface area contributed by atoms with Crippen LogP contribution in [0.15, 0.2) is 48.7 Å². The number of nitrogens with zero attached hydrogens (tertiary/aromatic N) is 3. The third kappa shape index (κ3) is 8.56. The molecule has 0 amide bonds. The van der Waals surface area contributed by atoms with Gasteiger partial charge in [0.25, 0.3) is 0 Å². The summed E-state index contributed by atoms with van der Waals surface area (Å²) in [5.41, 5.74) is 2.08. The first-order chi connectivity index (χ1) is 18.4. The zero-order valence-electron chi connectivity index (χ0n) is 21.8. The lowest BCUT2D eigenvalue weighted by Crippen LogP contribution is -2.19. The van der Waals surface area contributed by atoms with Crippen LogP contribution in [0.3, 0.4) is 0 Å². The van der Waals surface area contributed by atoms with Crippen LogP contribution in [0.5, 0.6) is 11.5 Å². The molecule has 0 saturated carbocycles. The molecule has 1 heterocycles. The van der Waals surface area contributed by atoms with Crippen LogP contribution >= 0.6 is 11.6 Å². The van der Waals surface area contributed by atoms with Crippen LogP contribution in [0, 0.1) is 11.3 Å². The summed E-state index contributed by atoms with van der Waals surface area (Å²) in [6, 6.07) is 14.8. The third-order valence-corrected chi connectivity index (χ3v) is 6.70. The minimum atomic E-state index is -3.49. The number of ether oxygens (including phenoxy) is 2. The van der Waals surface area contributed by atoms with Gasteiger partial charge in [-0.3, -0.25) is 9.52 Å². The molecule has 0 spiro atoms. The summed E-state index contributed by atoms with van der Waals surface area (Å²) < 4.78 is 36.5. The molecule has 0 aliphatic rings. The Bertz CT molecular complexity index is 1470. The number of nitrogens with one attached hydrogen (secondary N) is 1. The summed E-state index contributed by atoms with van der Waals surface area (Å²) in [5.74, 6) is -0.00737. The number of halogens is 1. The number of nitriles is 1. The van der Waals surface area contributed by atoms with Crippen molar-refractivity contribution in [3.8, 4) is 17.6 Å². The normalized spacial score (nSPS) is 11.5. The highest BCUT2D eigenvalue weighted by molar-refractivity contribution is 7.91. The molecule has 3 rings (SSSR count). The summed E-state index contributed by atoms with van der Waals surface area (Å²) in [7, 11) is -3.49. The number of benzene rings is 2. The number of aliphatic carboxylic acids is 1. The van der Waals surface area contributed by atoms with Crippen LogP contribution in [0.25, 0.3) is 0 Å². The van der Waals surface area contributed by atoms with Gasteiger partial charge in [-0.15, -0.1) is 0 Å². The fourth-order valence-electron chi connectivity index (χ4n) is 3.72. The van der Waals surface area contributed by atoms with Gasteiger partial charge in [0.15, 0.2) is 5.75 Å². The largest absolute Gasteiger partial charge is 0.491 e. The molecule has 0 aliphatic carbocycles. The summed E-state index contributed by atoms with van der Waals surface area (Å²) in [6.07, 6.45) is 3.53. The van der Waals surface area contributed by atoms with E-state index in [1.54, 1.807) is 18.2 Å². The molecule has 0 aliphatic heterocycles. The molecular formula is C27H29ClN4O6S. The number of aromatic nitrogens is 2. The number of carboxylic acids is 1. The highest BCUT2D eigenvalue weighted by Gasteiger charge is 2.26. The molecular weight excluding hydrogens is 544 g/mol. The molecule has 10 nitrogen and oxygen atoms in total. The highest BCUT2D eigenvalue weighted by atomic mass is 35.5. The summed E-state index contributed by atoms with van der Waals surface area (Å²) >= 11 is 6.50. The Labute approximate surface area is 232 Å². The molecule has 206 valence electrons. The zero-order valence-corrected chi connectivity index (χ0v) is 23.3. The van der Waals surface area contributed by atoms with E-state index in [2.05, 4.69) is 20.8 Å². The van der Waals surface area contributed by atoms with E-state index in [1.165, 1.54) is 6.20 Å². The van der Waals surface area contributed by atoms with Crippen molar-refractivity contribution in [1.29, 1.82) is 5.26 Å². The van der Waals surface area contributed by atoms with E-state index in [0.717, 1.165) is 17.4 Å². The lowest BCUT2D eigenvalue weighted by molar-refractivity contribution is -0.137. The maximum absolute atomic E-state index is 11.4. The Kier molecular flexibility index (Phi) is 9.72. The SMILES string of the molecule is CC(C)(c1ccc(OCc2ccnc(NS(C)(=O)=O)n2)cc1)c1cc(Cl)c(OCCCCC(=O)O)c(C#N)c1. The minimum Gasteiger partial charge on any atom is -0.491 e. The van der Waals surface area contributed by atoms with Gasteiger partial charge < -0.3 is 14.6 Å². The van der Waals surface area contributed by atoms with Gasteiger partial charge in [0.05, 0.1) is 29.1 Å². The average Bonchev–Trinajstić information content (AvgIpc) is 2.87. The molecule has 2 aromatic carbocycles. The predicted molar refractivity (Wildman–Crippen MR) is 147 cm³/mol. The van der Waals surface area contributed by atoms with Gasteiger partial charge in [-0.25, -0.2) is 18.4 Å². The van der Waals surface area contributed by atoms with Gasteiger partial charge in [0.1, 0.15) is 18.4 Å². The fourth-order valence-corrected chi connectivity index (χ4v) is 4.42. The van der Waals surface area contributed by atoms with E-state index in [4.69, 9.17) is 26.2 Å². The topological polar surface area (TPSA) is 152 Å². The number of unbranched alkanes of at least 4 members (excludes halogenated alkanes) is 1. The van der Waals surface area contributed by atoms with E-state index >= 15 is 0 Å². The maximum atomic E-state index is 11.4. The van der Waals surface area contributed by atoms with Crippen LogP contribution < -0.4 is 14.2 Å². The van der Waals surface area contributed by atoms with Gasteiger partial charge >= 0.3 is 5.97 Å². The third-order valence-electron chi connectivity index (χ3n) is 5.87.